The number of fused-ring (bicyclic) bond motifs is 1. The van der Waals surface area contributed by atoms with Gasteiger partial charge in [0.1, 0.15) is 22.8 Å². The number of pyridine rings is 1. The third-order valence-corrected chi connectivity index (χ3v) is 5.52. The van der Waals surface area contributed by atoms with E-state index in [1.807, 2.05) is 4.90 Å². The molecule has 2 aromatic heterocycles. The largest absolute Gasteiger partial charge is 0.433 e. The van der Waals surface area contributed by atoms with Gasteiger partial charge in [-0.2, -0.15) is 13.2 Å². The van der Waals surface area contributed by atoms with Crippen molar-refractivity contribution in [3.05, 3.63) is 41.4 Å². The highest BCUT2D eigenvalue weighted by Gasteiger charge is 2.44. The van der Waals surface area contributed by atoms with Crippen molar-refractivity contribution in [3.63, 3.8) is 0 Å². The molecular weight excluding hydrogens is 361 g/mol. The number of nitrogens with one attached hydrogen (secondary N) is 1. The van der Waals surface area contributed by atoms with Gasteiger partial charge in [-0.3, -0.25) is 4.79 Å². The monoisotopic (exact) mass is 380 g/mol. The molecule has 1 amide bonds. The molecule has 1 aliphatic carbocycles. The predicted molar refractivity (Wildman–Crippen MR) is 90.2 cm³/mol. The standard InChI is InChI=1S/C18H19F3N4O2/c1-10-12(7-22-27-10)17(26)23-14-6-5-11-8-25(9-13(11)14)16-4-2-3-15(24-16)18(19,20)21/h2-4,7,11,13-14H,5-6,8-9H2,1H3,(H,23,26)/t11-,13+,14+/m1/s1. The number of alkyl halides is 3. The number of rotatable bonds is 3. The molecule has 1 saturated heterocycles. The van der Waals surface area contributed by atoms with Crippen LogP contribution in [0.5, 0.6) is 0 Å². The van der Waals surface area contributed by atoms with Gasteiger partial charge >= 0.3 is 6.18 Å². The Morgan fingerprint density at radius 3 is 2.81 bits per heavy atom. The number of aryl methyl sites for hydroxylation is 1. The van der Waals surface area contributed by atoms with Crippen LogP contribution in [0.3, 0.4) is 0 Å². The minimum Gasteiger partial charge on any atom is -0.361 e. The van der Waals surface area contributed by atoms with Crippen LogP contribution in [0.4, 0.5) is 19.0 Å². The van der Waals surface area contributed by atoms with Gasteiger partial charge in [0, 0.05) is 25.0 Å². The quantitative estimate of drug-likeness (QED) is 0.886. The lowest BCUT2D eigenvalue weighted by Crippen LogP contribution is -2.39. The molecule has 1 saturated carbocycles. The van der Waals surface area contributed by atoms with Gasteiger partial charge in [0.2, 0.25) is 0 Å². The lowest BCUT2D eigenvalue weighted by Gasteiger charge is -2.22. The summed E-state index contributed by atoms with van der Waals surface area (Å²) < 4.78 is 43.7. The van der Waals surface area contributed by atoms with E-state index in [2.05, 4.69) is 15.5 Å². The SMILES string of the molecule is Cc1oncc1C(=O)N[C@H]1CC[C@@H]2CN(c3cccc(C(F)(F)F)n3)C[C@@H]21. The maximum Gasteiger partial charge on any atom is 0.433 e. The molecule has 2 aromatic rings. The number of hydrogen-bond acceptors (Lipinski definition) is 5. The molecule has 2 aliphatic rings. The molecule has 6 nitrogen and oxygen atoms in total. The van der Waals surface area contributed by atoms with Crippen LogP contribution >= 0.6 is 0 Å². The van der Waals surface area contributed by atoms with Gasteiger partial charge in [0.05, 0.1) is 6.20 Å². The van der Waals surface area contributed by atoms with Gasteiger partial charge in [-0.25, -0.2) is 4.98 Å². The summed E-state index contributed by atoms with van der Waals surface area (Å²) in [6.45, 7) is 2.90. The van der Waals surface area contributed by atoms with Crippen LogP contribution in [-0.2, 0) is 6.18 Å². The smallest absolute Gasteiger partial charge is 0.361 e. The van der Waals surface area contributed by atoms with Crippen LogP contribution in [-0.4, -0.2) is 35.2 Å². The molecule has 1 N–H and O–H groups in total. The van der Waals surface area contributed by atoms with Crippen molar-refractivity contribution in [2.24, 2.45) is 11.8 Å². The van der Waals surface area contributed by atoms with Gasteiger partial charge in [0.25, 0.3) is 5.91 Å². The van der Waals surface area contributed by atoms with E-state index in [0.717, 1.165) is 18.9 Å². The first-order valence-electron chi connectivity index (χ1n) is 8.84. The molecule has 3 heterocycles. The third kappa shape index (κ3) is 3.38. The Morgan fingerprint density at radius 2 is 2.11 bits per heavy atom. The summed E-state index contributed by atoms with van der Waals surface area (Å²) in [5, 5.41) is 6.65. The summed E-state index contributed by atoms with van der Waals surface area (Å²) in [5.41, 5.74) is -0.474. The normalized spacial score (nSPS) is 24.9. The highest BCUT2D eigenvalue weighted by atomic mass is 19.4. The first-order chi connectivity index (χ1) is 12.8. The van der Waals surface area contributed by atoms with E-state index in [1.165, 1.54) is 12.3 Å². The zero-order valence-corrected chi connectivity index (χ0v) is 14.7. The minimum atomic E-state index is -4.46. The van der Waals surface area contributed by atoms with Gasteiger partial charge < -0.3 is 14.7 Å². The van der Waals surface area contributed by atoms with Crippen LogP contribution in [0.1, 0.15) is 34.7 Å². The van der Waals surface area contributed by atoms with Gasteiger partial charge in [-0.05, 0) is 37.8 Å². The number of carbonyl (C=O) groups is 1. The molecule has 3 atom stereocenters. The van der Waals surface area contributed by atoms with Crippen molar-refractivity contribution in [1.82, 2.24) is 15.5 Å². The fourth-order valence-electron chi connectivity index (χ4n) is 4.15. The van der Waals surface area contributed by atoms with E-state index in [4.69, 9.17) is 4.52 Å². The van der Waals surface area contributed by atoms with E-state index in [0.29, 0.717) is 36.1 Å². The van der Waals surface area contributed by atoms with Crippen LogP contribution in [0.25, 0.3) is 0 Å². The van der Waals surface area contributed by atoms with E-state index < -0.39 is 11.9 Å². The molecular formula is C18H19F3N4O2. The average Bonchev–Trinajstić information content (AvgIpc) is 3.31. The topological polar surface area (TPSA) is 71.3 Å². The Morgan fingerprint density at radius 1 is 1.30 bits per heavy atom. The van der Waals surface area contributed by atoms with E-state index >= 15 is 0 Å². The van der Waals surface area contributed by atoms with Crippen LogP contribution < -0.4 is 10.2 Å². The molecule has 2 fully saturated rings. The molecule has 144 valence electrons. The highest BCUT2D eigenvalue weighted by Crippen LogP contribution is 2.40. The van der Waals surface area contributed by atoms with Crippen molar-refractivity contribution in [3.8, 4) is 0 Å². The number of aromatic nitrogens is 2. The summed E-state index contributed by atoms with van der Waals surface area (Å²) in [7, 11) is 0. The maximum absolute atomic E-state index is 12.9. The Balaban J connectivity index is 1.46. The van der Waals surface area contributed by atoms with Crippen LogP contribution in [0.2, 0.25) is 0 Å². The number of nitrogens with zero attached hydrogens (tertiary/aromatic N) is 3. The van der Waals surface area contributed by atoms with Crippen molar-refractivity contribution in [2.45, 2.75) is 32.0 Å². The number of amides is 1. The van der Waals surface area contributed by atoms with Crippen molar-refractivity contribution in [1.29, 1.82) is 0 Å². The number of halogens is 3. The molecule has 27 heavy (non-hydrogen) atoms. The Labute approximate surface area is 153 Å². The molecule has 0 spiro atoms. The van der Waals surface area contributed by atoms with Crippen molar-refractivity contribution in [2.75, 3.05) is 18.0 Å². The summed E-state index contributed by atoms with van der Waals surface area (Å²) >= 11 is 0. The Hall–Kier alpha value is -2.58. The summed E-state index contributed by atoms with van der Waals surface area (Å²) in [6.07, 6.45) is -1.29. The molecule has 4 rings (SSSR count). The highest BCUT2D eigenvalue weighted by molar-refractivity contribution is 5.94. The molecule has 9 heteroatoms. The van der Waals surface area contributed by atoms with Gasteiger partial charge in [-0.15, -0.1) is 0 Å². The zero-order valence-electron chi connectivity index (χ0n) is 14.7. The molecule has 0 bridgehead atoms. The fourth-order valence-corrected chi connectivity index (χ4v) is 4.15. The Kier molecular flexibility index (Phi) is 4.32. The van der Waals surface area contributed by atoms with Crippen molar-refractivity contribution < 1.29 is 22.5 Å². The van der Waals surface area contributed by atoms with Gasteiger partial charge in [0.15, 0.2) is 0 Å². The first kappa shape index (κ1) is 17.8. The second kappa shape index (κ2) is 6.54. The van der Waals surface area contributed by atoms with E-state index in [-0.39, 0.29) is 17.9 Å². The zero-order chi connectivity index (χ0) is 19.2. The third-order valence-electron chi connectivity index (χ3n) is 5.52. The average molecular weight is 380 g/mol. The lowest BCUT2D eigenvalue weighted by molar-refractivity contribution is -0.141. The van der Waals surface area contributed by atoms with Crippen molar-refractivity contribution >= 4 is 11.7 Å². The molecule has 1 aliphatic heterocycles. The molecule has 0 unspecified atom stereocenters. The first-order valence-corrected chi connectivity index (χ1v) is 8.84. The number of hydrogen-bond donors (Lipinski definition) is 1. The van der Waals surface area contributed by atoms with Crippen LogP contribution in [0, 0.1) is 18.8 Å². The predicted octanol–water partition coefficient (Wildman–Crippen LogP) is 3.04. The molecule has 0 radical (unpaired) electrons. The number of anilines is 1. The summed E-state index contributed by atoms with van der Waals surface area (Å²) in [6, 6.07) is 3.94. The second-order valence-corrected chi connectivity index (χ2v) is 7.16. The van der Waals surface area contributed by atoms with Gasteiger partial charge in [-0.1, -0.05) is 11.2 Å². The summed E-state index contributed by atoms with van der Waals surface area (Å²) in [4.78, 5) is 18.1. The minimum absolute atomic E-state index is 0.0207. The Bertz CT molecular complexity index is 851. The second-order valence-electron chi connectivity index (χ2n) is 7.16. The maximum atomic E-state index is 12.9. The summed E-state index contributed by atoms with van der Waals surface area (Å²) in [5.74, 6) is 1.08. The lowest BCUT2D eigenvalue weighted by atomic mass is 9.97. The number of carbonyl (C=O) groups excluding carboxylic acids is 1. The van der Waals surface area contributed by atoms with Crippen LogP contribution in [0.15, 0.2) is 28.9 Å². The molecule has 0 aromatic carbocycles. The van der Waals surface area contributed by atoms with E-state index in [9.17, 15) is 18.0 Å². The fraction of sp³-hybridized carbons (Fsp3) is 0.500. The van der Waals surface area contributed by atoms with E-state index in [1.54, 1.807) is 13.0 Å².